The van der Waals surface area contributed by atoms with Crippen LogP contribution in [0.1, 0.15) is 18.4 Å². The van der Waals surface area contributed by atoms with Crippen molar-refractivity contribution in [3.63, 3.8) is 0 Å². The lowest BCUT2D eigenvalue weighted by molar-refractivity contribution is -0.137. The summed E-state index contributed by atoms with van der Waals surface area (Å²) in [5.41, 5.74) is 0.772. The van der Waals surface area contributed by atoms with Crippen molar-refractivity contribution in [3.05, 3.63) is 63.0 Å². The predicted molar refractivity (Wildman–Crippen MR) is 120 cm³/mol. The van der Waals surface area contributed by atoms with Crippen LogP contribution in [0.3, 0.4) is 0 Å². The van der Waals surface area contributed by atoms with Crippen molar-refractivity contribution < 1.29 is 19.4 Å². The summed E-state index contributed by atoms with van der Waals surface area (Å²) in [5.74, 6) is 0.00125. The van der Waals surface area contributed by atoms with Crippen LogP contribution in [0.5, 0.6) is 11.5 Å². The maximum Gasteiger partial charge on any atom is 0.303 e. The Hall–Kier alpha value is -2.06. The molecule has 0 atom stereocenters. The van der Waals surface area contributed by atoms with Crippen molar-refractivity contribution in [1.82, 2.24) is 4.90 Å². The third-order valence-electron chi connectivity index (χ3n) is 3.93. The van der Waals surface area contributed by atoms with Gasteiger partial charge in [0.1, 0.15) is 15.8 Å². The largest absolute Gasteiger partial charge is 0.481 e. The van der Waals surface area contributed by atoms with Crippen LogP contribution in [-0.2, 0) is 9.59 Å². The molecule has 150 valence electrons. The third kappa shape index (κ3) is 5.73. The van der Waals surface area contributed by atoms with Gasteiger partial charge in [-0.2, -0.15) is 0 Å². The number of ether oxygens (including phenoxy) is 1. The third-order valence-corrected chi connectivity index (χ3v) is 6.05. The fourth-order valence-corrected chi connectivity index (χ4v) is 4.17. The number of carboxylic acids is 1. The highest BCUT2D eigenvalue weighted by Gasteiger charge is 2.31. The van der Waals surface area contributed by atoms with E-state index in [1.807, 2.05) is 12.1 Å². The fourth-order valence-electron chi connectivity index (χ4n) is 2.58. The number of aliphatic carboxylic acids is 1. The highest BCUT2D eigenvalue weighted by molar-refractivity contribution is 8.26. The van der Waals surface area contributed by atoms with Gasteiger partial charge in [-0.25, -0.2) is 0 Å². The number of carbonyl (C=O) groups excluding carboxylic acids is 1. The highest BCUT2D eigenvalue weighted by atomic mass is 35.5. The van der Waals surface area contributed by atoms with Crippen LogP contribution < -0.4 is 4.74 Å². The first-order chi connectivity index (χ1) is 13.8. The number of thiocarbonyl (C=S) groups is 1. The molecule has 29 heavy (non-hydrogen) atoms. The van der Waals surface area contributed by atoms with E-state index in [0.29, 0.717) is 37.2 Å². The van der Waals surface area contributed by atoms with Gasteiger partial charge in [-0.1, -0.05) is 59.3 Å². The maximum atomic E-state index is 12.6. The van der Waals surface area contributed by atoms with Crippen LogP contribution in [0.25, 0.3) is 6.08 Å². The number of carboxylic acid groups (broad SMARTS) is 1. The van der Waals surface area contributed by atoms with Crippen molar-refractivity contribution in [3.8, 4) is 11.5 Å². The lowest BCUT2D eigenvalue weighted by atomic mass is 10.2. The first kappa shape index (κ1) is 21.6. The Bertz CT molecular complexity index is 1010. The normalized spacial score (nSPS) is 15.2. The van der Waals surface area contributed by atoms with Gasteiger partial charge >= 0.3 is 5.97 Å². The minimum absolute atomic E-state index is 0.00972. The summed E-state index contributed by atoms with van der Waals surface area (Å²) in [5, 5.41) is 9.59. The molecule has 0 bridgehead atoms. The van der Waals surface area contributed by atoms with Gasteiger partial charge in [-0.15, -0.1) is 0 Å². The van der Waals surface area contributed by atoms with Gasteiger partial charge < -0.3 is 9.84 Å². The second kappa shape index (κ2) is 9.63. The molecule has 0 saturated carbocycles. The molecule has 1 aliphatic rings. The minimum Gasteiger partial charge on any atom is -0.481 e. The molecular weight excluding hydrogens is 453 g/mol. The molecule has 0 unspecified atom stereocenters. The maximum absolute atomic E-state index is 12.6. The van der Waals surface area contributed by atoms with E-state index in [1.54, 1.807) is 36.4 Å². The fraction of sp³-hybridized carbons (Fsp3) is 0.150. The number of amides is 1. The molecule has 1 N–H and O–H groups in total. The Morgan fingerprint density at radius 1 is 1.17 bits per heavy atom. The van der Waals surface area contributed by atoms with E-state index in [9.17, 15) is 9.59 Å². The first-order valence-corrected chi connectivity index (χ1v) is 10.5. The average Bonchev–Trinajstić information content (AvgIpc) is 2.92. The van der Waals surface area contributed by atoms with Gasteiger partial charge in [0.05, 0.1) is 15.0 Å². The van der Waals surface area contributed by atoms with Crippen LogP contribution in [-0.4, -0.2) is 32.7 Å². The van der Waals surface area contributed by atoms with Gasteiger partial charge in [0.15, 0.2) is 0 Å². The number of rotatable bonds is 7. The summed E-state index contributed by atoms with van der Waals surface area (Å²) in [4.78, 5) is 25.2. The Balaban J connectivity index is 1.72. The summed E-state index contributed by atoms with van der Waals surface area (Å²) < 4.78 is 6.23. The summed E-state index contributed by atoms with van der Waals surface area (Å²) >= 11 is 18.4. The quantitative estimate of drug-likeness (QED) is 0.406. The number of hydrogen-bond acceptors (Lipinski definition) is 5. The van der Waals surface area contributed by atoms with Crippen LogP contribution in [0.2, 0.25) is 10.0 Å². The van der Waals surface area contributed by atoms with Gasteiger partial charge in [-0.05, 0) is 42.3 Å². The molecule has 0 aliphatic carbocycles. The molecule has 0 aromatic heterocycles. The molecule has 1 amide bonds. The van der Waals surface area contributed by atoms with E-state index in [0.717, 1.165) is 5.56 Å². The molecule has 2 aromatic rings. The Morgan fingerprint density at radius 3 is 2.66 bits per heavy atom. The van der Waals surface area contributed by atoms with E-state index < -0.39 is 5.97 Å². The molecule has 1 saturated heterocycles. The summed E-state index contributed by atoms with van der Waals surface area (Å²) in [6.45, 7) is 0.286. The van der Waals surface area contributed by atoms with Crippen molar-refractivity contribution in [1.29, 1.82) is 0 Å². The molecule has 0 radical (unpaired) electrons. The van der Waals surface area contributed by atoms with Crippen LogP contribution in [0.15, 0.2) is 47.4 Å². The number of carbonyl (C=O) groups is 2. The molecule has 9 heteroatoms. The standard InChI is InChI=1S/C20H15Cl2NO4S2/c21-15-7-6-14(11-16(15)22)27-13-4-1-3-12(9-13)10-17-19(26)23(20(28)29-17)8-2-5-18(24)25/h1,3-4,6-7,9-11H,2,5,8H2,(H,24,25)/b17-10-. The van der Waals surface area contributed by atoms with Crippen molar-refractivity contribution in [2.75, 3.05) is 6.54 Å². The number of nitrogens with zero attached hydrogens (tertiary/aromatic N) is 1. The molecule has 0 spiro atoms. The minimum atomic E-state index is -0.898. The Labute approximate surface area is 187 Å². The highest BCUT2D eigenvalue weighted by Crippen LogP contribution is 2.34. The number of halogens is 2. The van der Waals surface area contributed by atoms with Gasteiger partial charge in [-0.3, -0.25) is 14.5 Å². The summed E-state index contributed by atoms with van der Waals surface area (Å²) in [7, 11) is 0. The molecule has 5 nitrogen and oxygen atoms in total. The lowest BCUT2D eigenvalue weighted by Crippen LogP contribution is -2.29. The topological polar surface area (TPSA) is 66.8 Å². The van der Waals surface area contributed by atoms with Gasteiger partial charge in [0.2, 0.25) is 0 Å². The van der Waals surface area contributed by atoms with Crippen molar-refractivity contribution in [2.24, 2.45) is 0 Å². The smallest absolute Gasteiger partial charge is 0.303 e. The van der Waals surface area contributed by atoms with E-state index in [-0.39, 0.29) is 18.9 Å². The molecule has 1 aliphatic heterocycles. The Morgan fingerprint density at radius 2 is 1.93 bits per heavy atom. The van der Waals surface area contributed by atoms with E-state index in [2.05, 4.69) is 0 Å². The summed E-state index contributed by atoms with van der Waals surface area (Å²) in [6, 6.07) is 12.2. The molecule has 3 rings (SSSR count). The summed E-state index contributed by atoms with van der Waals surface area (Å²) in [6.07, 6.45) is 2.07. The van der Waals surface area contributed by atoms with Crippen LogP contribution in [0, 0.1) is 0 Å². The monoisotopic (exact) mass is 467 g/mol. The molecule has 1 fully saturated rings. The zero-order valence-electron chi connectivity index (χ0n) is 14.9. The Kier molecular flexibility index (Phi) is 7.18. The molecule has 2 aromatic carbocycles. The second-order valence-electron chi connectivity index (χ2n) is 6.08. The van der Waals surface area contributed by atoms with Crippen molar-refractivity contribution >= 4 is 69.5 Å². The molecular formula is C20H15Cl2NO4S2. The zero-order chi connectivity index (χ0) is 21.0. The predicted octanol–water partition coefficient (Wildman–Crippen LogP) is 5.85. The van der Waals surface area contributed by atoms with E-state index in [1.165, 1.54) is 16.7 Å². The SMILES string of the molecule is O=C(O)CCCN1C(=O)/C(=C/c2cccc(Oc3ccc(Cl)c(Cl)c3)c2)SC1=S. The first-order valence-electron chi connectivity index (χ1n) is 8.53. The second-order valence-corrected chi connectivity index (χ2v) is 8.57. The zero-order valence-corrected chi connectivity index (χ0v) is 18.1. The molecule has 1 heterocycles. The van der Waals surface area contributed by atoms with E-state index >= 15 is 0 Å². The van der Waals surface area contributed by atoms with Crippen LogP contribution >= 0.6 is 47.2 Å². The lowest BCUT2D eigenvalue weighted by Gasteiger charge is -2.13. The average molecular weight is 468 g/mol. The van der Waals surface area contributed by atoms with Gasteiger partial charge in [0.25, 0.3) is 5.91 Å². The number of hydrogen-bond donors (Lipinski definition) is 1. The van der Waals surface area contributed by atoms with Gasteiger partial charge in [0, 0.05) is 19.0 Å². The number of benzene rings is 2. The number of thioether (sulfide) groups is 1. The van der Waals surface area contributed by atoms with E-state index in [4.69, 9.17) is 45.3 Å². The van der Waals surface area contributed by atoms with Crippen LogP contribution in [0.4, 0.5) is 0 Å². The van der Waals surface area contributed by atoms with Crippen molar-refractivity contribution in [2.45, 2.75) is 12.8 Å².